The number of ether oxygens (including phenoxy) is 1. The van der Waals surface area contributed by atoms with Crippen molar-refractivity contribution in [2.75, 3.05) is 26.7 Å². The van der Waals surface area contributed by atoms with Gasteiger partial charge in [0, 0.05) is 26.1 Å². The Morgan fingerprint density at radius 3 is 2.68 bits per heavy atom. The van der Waals surface area contributed by atoms with Gasteiger partial charge in [0.25, 0.3) is 0 Å². The van der Waals surface area contributed by atoms with Gasteiger partial charge >= 0.3 is 4.46 Å². The lowest BCUT2D eigenvalue weighted by Gasteiger charge is -2.23. The topological polar surface area (TPSA) is 68.0 Å². The molecule has 110 valence electrons. The second kappa shape index (κ2) is 6.72. The Labute approximate surface area is 122 Å². The van der Waals surface area contributed by atoms with Gasteiger partial charge < -0.3 is 9.64 Å². The van der Waals surface area contributed by atoms with Gasteiger partial charge in [-0.15, -0.1) is 0 Å². The van der Waals surface area contributed by atoms with Crippen molar-refractivity contribution in [2.24, 2.45) is 10.9 Å². The number of nitro groups is 1. The summed E-state index contributed by atoms with van der Waals surface area (Å²) in [5.41, 5.74) is 0. The third-order valence-corrected chi connectivity index (χ3v) is 3.73. The first-order valence-electron chi connectivity index (χ1n) is 6.19. The predicted octanol–water partition coefficient (Wildman–Crippen LogP) is 2.17. The lowest BCUT2D eigenvalue weighted by Crippen LogP contribution is -2.45. The van der Waals surface area contributed by atoms with Crippen LogP contribution in [0.25, 0.3) is 0 Å². The van der Waals surface area contributed by atoms with Crippen molar-refractivity contribution in [3.8, 4) is 0 Å². The summed E-state index contributed by atoms with van der Waals surface area (Å²) in [6, 6.07) is 0. The molecule has 0 radical (unpaired) electrons. The summed E-state index contributed by atoms with van der Waals surface area (Å²) >= 11 is 11.6. The van der Waals surface area contributed by atoms with Crippen molar-refractivity contribution >= 4 is 29.0 Å². The molecule has 0 N–H and O–H groups in total. The molecule has 0 bridgehead atoms. The zero-order chi connectivity index (χ0) is 14.6. The molecule has 1 heterocycles. The zero-order valence-corrected chi connectivity index (χ0v) is 12.8. The van der Waals surface area contributed by atoms with Gasteiger partial charge in [0.1, 0.15) is 0 Å². The van der Waals surface area contributed by atoms with E-state index in [0.717, 1.165) is 6.42 Å². The number of amidine groups is 1. The number of halogens is 2. The molecule has 0 saturated carbocycles. The highest BCUT2D eigenvalue weighted by Crippen LogP contribution is 2.26. The van der Waals surface area contributed by atoms with E-state index in [2.05, 4.69) is 4.99 Å². The van der Waals surface area contributed by atoms with Gasteiger partial charge in [0.2, 0.25) is 5.84 Å². The van der Waals surface area contributed by atoms with Crippen LogP contribution in [0.1, 0.15) is 20.3 Å². The summed E-state index contributed by atoms with van der Waals surface area (Å²) in [5.74, 6) is 0.328. The second-order valence-electron chi connectivity index (χ2n) is 4.72. The standard InChI is InChI=1S/C11H19Cl2N3O3/c1-4-15(3)10(11(12,13)16(17)18)14-6-9-5-8(2)19-7-9/h8-9H,4-7H2,1-3H3. The average molecular weight is 312 g/mol. The zero-order valence-electron chi connectivity index (χ0n) is 11.3. The Kier molecular flexibility index (Phi) is 5.82. The molecule has 0 aliphatic carbocycles. The molecule has 1 aliphatic heterocycles. The molecule has 0 spiro atoms. The van der Waals surface area contributed by atoms with Crippen molar-refractivity contribution in [1.29, 1.82) is 0 Å². The number of rotatable bonds is 5. The summed E-state index contributed by atoms with van der Waals surface area (Å²) in [6.07, 6.45) is 1.10. The first-order valence-corrected chi connectivity index (χ1v) is 6.94. The van der Waals surface area contributed by atoms with E-state index >= 15 is 0 Å². The van der Waals surface area contributed by atoms with Crippen molar-refractivity contribution in [2.45, 2.75) is 30.8 Å². The molecular formula is C11H19Cl2N3O3. The predicted molar refractivity (Wildman–Crippen MR) is 75.6 cm³/mol. The summed E-state index contributed by atoms with van der Waals surface area (Å²) in [6.45, 7) is 5.42. The van der Waals surface area contributed by atoms with Crippen molar-refractivity contribution < 1.29 is 9.66 Å². The molecule has 0 amide bonds. The van der Waals surface area contributed by atoms with Crippen LogP contribution in [0.3, 0.4) is 0 Å². The van der Waals surface area contributed by atoms with E-state index in [1.807, 2.05) is 13.8 Å². The highest BCUT2D eigenvalue weighted by atomic mass is 35.5. The van der Waals surface area contributed by atoms with Crippen LogP contribution in [0.5, 0.6) is 0 Å². The van der Waals surface area contributed by atoms with Crippen molar-refractivity contribution in [3.05, 3.63) is 10.1 Å². The Hall–Kier alpha value is -0.590. The van der Waals surface area contributed by atoms with Gasteiger partial charge in [-0.1, -0.05) is 0 Å². The van der Waals surface area contributed by atoms with E-state index in [-0.39, 0.29) is 17.9 Å². The normalized spacial score (nSPS) is 24.6. The Bertz CT molecular complexity index is 363. The van der Waals surface area contributed by atoms with Gasteiger partial charge in [-0.3, -0.25) is 15.1 Å². The van der Waals surface area contributed by atoms with Gasteiger partial charge in [-0.05, 0) is 43.5 Å². The minimum Gasteiger partial charge on any atom is -0.378 e. The summed E-state index contributed by atoms with van der Waals surface area (Å²) in [5, 5.41) is 10.9. The molecule has 0 aromatic rings. The van der Waals surface area contributed by atoms with E-state index < -0.39 is 9.38 Å². The largest absolute Gasteiger partial charge is 0.428 e. The second-order valence-corrected chi connectivity index (χ2v) is 6.01. The van der Waals surface area contributed by atoms with Gasteiger partial charge in [-0.25, -0.2) is 0 Å². The number of hydrogen-bond acceptors (Lipinski definition) is 4. The summed E-state index contributed by atoms with van der Waals surface area (Å²) in [4.78, 5) is 16.0. The summed E-state index contributed by atoms with van der Waals surface area (Å²) < 4.78 is 3.22. The molecule has 2 atom stereocenters. The van der Waals surface area contributed by atoms with Crippen LogP contribution < -0.4 is 0 Å². The number of likely N-dealkylation sites (N-methyl/N-ethyl adjacent to an activating group) is 1. The van der Waals surface area contributed by atoms with Crippen LogP contribution in [0.2, 0.25) is 0 Å². The molecule has 1 fully saturated rings. The molecule has 0 aromatic heterocycles. The molecule has 1 aliphatic rings. The van der Waals surface area contributed by atoms with Crippen LogP contribution in [-0.4, -0.2) is 53.0 Å². The van der Waals surface area contributed by atoms with E-state index in [1.165, 1.54) is 0 Å². The molecule has 1 saturated heterocycles. The number of alkyl halides is 2. The van der Waals surface area contributed by atoms with Crippen LogP contribution in [0.15, 0.2) is 4.99 Å². The minimum absolute atomic E-state index is 0.0721. The maximum atomic E-state index is 10.9. The van der Waals surface area contributed by atoms with Crippen LogP contribution in [0, 0.1) is 16.0 Å². The molecular weight excluding hydrogens is 293 g/mol. The van der Waals surface area contributed by atoms with Crippen molar-refractivity contribution in [1.82, 2.24) is 4.90 Å². The van der Waals surface area contributed by atoms with E-state index in [4.69, 9.17) is 27.9 Å². The molecule has 1 rings (SSSR count). The number of hydrogen-bond donors (Lipinski definition) is 0. The lowest BCUT2D eigenvalue weighted by atomic mass is 10.1. The first kappa shape index (κ1) is 16.5. The van der Waals surface area contributed by atoms with E-state index in [1.54, 1.807) is 11.9 Å². The minimum atomic E-state index is -2.21. The monoisotopic (exact) mass is 311 g/mol. The third-order valence-electron chi connectivity index (χ3n) is 3.12. The fourth-order valence-corrected chi connectivity index (χ4v) is 2.33. The molecule has 0 aromatic carbocycles. The quantitative estimate of drug-likeness (QED) is 0.195. The maximum Gasteiger partial charge on any atom is 0.428 e. The SMILES string of the molecule is CCN(C)C(=NCC1COC(C)C1)C(Cl)(Cl)[N+](=O)[O-]. The number of nitrogens with zero attached hydrogens (tertiary/aromatic N) is 3. The van der Waals surface area contributed by atoms with Crippen LogP contribution >= 0.6 is 23.2 Å². The fraction of sp³-hybridized carbons (Fsp3) is 0.909. The van der Waals surface area contributed by atoms with E-state index in [9.17, 15) is 10.1 Å². The van der Waals surface area contributed by atoms with Gasteiger partial charge in [-0.2, -0.15) is 0 Å². The molecule has 2 unspecified atom stereocenters. The Morgan fingerprint density at radius 2 is 2.26 bits per heavy atom. The molecule has 8 heteroatoms. The van der Waals surface area contributed by atoms with Gasteiger partial charge in [0.05, 0.1) is 17.6 Å². The van der Waals surface area contributed by atoms with Crippen molar-refractivity contribution in [3.63, 3.8) is 0 Å². The maximum absolute atomic E-state index is 10.9. The number of aliphatic imine (C=N–C) groups is 1. The highest BCUT2D eigenvalue weighted by Gasteiger charge is 2.46. The van der Waals surface area contributed by atoms with Crippen LogP contribution in [-0.2, 0) is 4.74 Å². The van der Waals surface area contributed by atoms with Gasteiger partial charge in [0.15, 0.2) is 0 Å². The summed E-state index contributed by atoms with van der Waals surface area (Å²) in [7, 11) is 1.68. The van der Waals surface area contributed by atoms with E-state index in [0.29, 0.717) is 19.7 Å². The Balaban J connectivity index is 2.82. The van der Waals surface area contributed by atoms with Crippen LogP contribution in [0.4, 0.5) is 0 Å². The average Bonchev–Trinajstić information content (AvgIpc) is 2.74. The lowest BCUT2D eigenvalue weighted by molar-refractivity contribution is -0.497. The highest BCUT2D eigenvalue weighted by molar-refractivity contribution is 6.57. The molecule has 19 heavy (non-hydrogen) atoms. The first-order chi connectivity index (χ1) is 8.78. The molecule has 6 nitrogen and oxygen atoms in total. The Morgan fingerprint density at radius 1 is 1.63 bits per heavy atom. The third kappa shape index (κ3) is 4.19. The smallest absolute Gasteiger partial charge is 0.378 e. The fourth-order valence-electron chi connectivity index (χ4n) is 1.93.